The monoisotopic (exact) mass is 431 g/mol. The SMILES string of the molecule is CC(C)(C)OC(=O)[C@H]1CCN(C(=O)[C@@H]2CCCN2C(=O)OCc2ccccc2)[C@H](N)C1. The van der Waals surface area contributed by atoms with Crippen molar-refractivity contribution in [3.8, 4) is 0 Å². The summed E-state index contributed by atoms with van der Waals surface area (Å²) >= 11 is 0. The maximum absolute atomic E-state index is 13.2. The zero-order valence-electron chi connectivity index (χ0n) is 18.6. The van der Waals surface area contributed by atoms with E-state index in [4.69, 9.17) is 15.2 Å². The van der Waals surface area contributed by atoms with Crippen molar-refractivity contribution in [1.29, 1.82) is 0 Å². The fraction of sp³-hybridized carbons (Fsp3) is 0.609. The van der Waals surface area contributed by atoms with E-state index in [1.165, 1.54) is 4.90 Å². The highest BCUT2D eigenvalue weighted by molar-refractivity contribution is 5.87. The fourth-order valence-electron chi connectivity index (χ4n) is 4.11. The summed E-state index contributed by atoms with van der Waals surface area (Å²) in [5.74, 6) is -0.778. The largest absolute Gasteiger partial charge is 0.460 e. The smallest absolute Gasteiger partial charge is 0.410 e. The van der Waals surface area contributed by atoms with Crippen LogP contribution in [0.25, 0.3) is 0 Å². The van der Waals surface area contributed by atoms with Crippen molar-refractivity contribution >= 4 is 18.0 Å². The van der Waals surface area contributed by atoms with Crippen LogP contribution >= 0.6 is 0 Å². The van der Waals surface area contributed by atoms with Gasteiger partial charge in [-0.1, -0.05) is 30.3 Å². The molecular formula is C23H33N3O5. The molecule has 1 aromatic carbocycles. The zero-order chi connectivity index (χ0) is 22.6. The number of carbonyl (C=O) groups excluding carboxylic acids is 3. The summed E-state index contributed by atoms with van der Waals surface area (Å²) in [5, 5.41) is 0. The molecule has 0 saturated carbocycles. The Hall–Kier alpha value is -2.61. The molecule has 2 saturated heterocycles. The first kappa shape index (κ1) is 23.1. The standard InChI is InChI=1S/C23H33N3O5/c1-23(2,3)31-21(28)17-11-13-26(19(24)14-17)20(27)18-10-7-12-25(18)22(29)30-15-16-8-5-4-6-9-16/h4-6,8-9,17-19H,7,10-15,24H2,1-3H3/t17-,18-,19-/m0/s1. The van der Waals surface area contributed by atoms with Crippen LogP contribution in [0, 0.1) is 5.92 Å². The minimum absolute atomic E-state index is 0.165. The van der Waals surface area contributed by atoms with Crippen molar-refractivity contribution in [3.05, 3.63) is 35.9 Å². The number of likely N-dealkylation sites (tertiary alicyclic amines) is 2. The molecule has 31 heavy (non-hydrogen) atoms. The quantitative estimate of drug-likeness (QED) is 0.736. The van der Waals surface area contributed by atoms with E-state index in [1.807, 2.05) is 51.1 Å². The maximum atomic E-state index is 13.2. The highest BCUT2D eigenvalue weighted by Gasteiger charge is 2.41. The van der Waals surface area contributed by atoms with Gasteiger partial charge in [-0.3, -0.25) is 14.5 Å². The van der Waals surface area contributed by atoms with E-state index in [-0.39, 0.29) is 24.4 Å². The second kappa shape index (κ2) is 9.68. The lowest BCUT2D eigenvalue weighted by Crippen LogP contribution is -2.57. The summed E-state index contributed by atoms with van der Waals surface area (Å²) < 4.78 is 10.9. The van der Waals surface area contributed by atoms with Crippen LogP contribution in [0.1, 0.15) is 52.0 Å². The van der Waals surface area contributed by atoms with Crippen molar-refractivity contribution < 1.29 is 23.9 Å². The summed E-state index contributed by atoms with van der Waals surface area (Å²) in [5.41, 5.74) is 6.59. The molecule has 0 radical (unpaired) electrons. The molecule has 0 aromatic heterocycles. The van der Waals surface area contributed by atoms with E-state index in [0.29, 0.717) is 32.4 Å². The Bertz CT molecular complexity index is 792. The third kappa shape index (κ3) is 5.97. The molecule has 2 N–H and O–H groups in total. The van der Waals surface area contributed by atoms with Gasteiger partial charge in [0.1, 0.15) is 18.2 Å². The van der Waals surface area contributed by atoms with Crippen LogP contribution in [0.4, 0.5) is 4.79 Å². The molecule has 0 spiro atoms. The summed E-state index contributed by atoms with van der Waals surface area (Å²) in [6.45, 7) is 6.50. The molecule has 2 aliphatic rings. The first-order valence-electron chi connectivity index (χ1n) is 10.9. The number of carbonyl (C=O) groups is 3. The second-order valence-corrected chi connectivity index (χ2v) is 9.25. The first-order chi connectivity index (χ1) is 14.7. The van der Waals surface area contributed by atoms with Crippen LogP contribution in [0.2, 0.25) is 0 Å². The normalized spacial score (nSPS) is 24.1. The van der Waals surface area contributed by atoms with Crippen molar-refractivity contribution in [2.24, 2.45) is 11.7 Å². The van der Waals surface area contributed by atoms with Gasteiger partial charge in [0.25, 0.3) is 0 Å². The molecule has 2 heterocycles. The lowest BCUT2D eigenvalue weighted by molar-refractivity contribution is -0.164. The third-order valence-corrected chi connectivity index (χ3v) is 5.65. The van der Waals surface area contributed by atoms with Crippen molar-refractivity contribution in [2.45, 2.75) is 70.9 Å². The second-order valence-electron chi connectivity index (χ2n) is 9.25. The third-order valence-electron chi connectivity index (χ3n) is 5.65. The Morgan fingerprint density at radius 1 is 1.06 bits per heavy atom. The summed E-state index contributed by atoms with van der Waals surface area (Å²) in [6, 6.07) is 8.85. The average molecular weight is 432 g/mol. The number of nitrogens with two attached hydrogens (primary N) is 1. The van der Waals surface area contributed by atoms with Crippen LogP contribution in [-0.4, -0.2) is 58.7 Å². The number of piperidine rings is 1. The van der Waals surface area contributed by atoms with Gasteiger partial charge in [0.05, 0.1) is 12.1 Å². The molecule has 8 heteroatoms. The molecule has 1 aromatic rings. The summed E-state index contributed by atoms with van der Waals surface area (Å²) in [7, 11) is 0. The molecular weight excluding hydrogens is 398 g/mol. The first-order valence-corrected chi connectivity index (χ1v) is 10.9. The molecule has 3 rings (SSSR count). The number of hydrogen-bond acceptors (Lipinski definition) is 6. The average Bonchev–Trinajstić information content (AvgIpc) is 3.21. The molecule has 2 fully saturated rings. The van der Waals surface area contributed by atoms with Gasteiger partial charge in [-0.25, -0.2) is 4.79 Å². The van der Waals surface area contributed by atoms with E-state index in [0.717, 1.165) is 12.0 Å². The van der Waals surface area contributed by atoms with Gasteiger partial charge < -0.3 is 20.1 Å². The van der Waals surface area contributed by atoms with Crippen molar-refractivity contribution in [3.63, 3.8) is 0 Å². The van der Waals surface area contributed by atoms with Crippen LogP contribution in [0.15, 0.2) is 30.3 Å². The number of rotatable bonds is 4. The number of benzene rings is 1. The van der Waals surface area contributed by atoms with Crippen LogP contribution in [0.3, 0.4) is 0 Å². The van der Waals surface area contributed by atoms with Crippen molar-refractivity contribution in [1.82, 2.24) is 9.80 Å². The highest BCUT2D eigenvalue weighted by Crippen LogP contribution is 2.27. The number of ether oxygens (including phenoxy) is 2. The molecule has 2 amide bonds. The van der Waals surface area contributed by atoms with E-state index in [1.54, 1.807) is 4.90 Å². The predicted octanol–water partition coefficient (Wildman–Crippen LogP) is 2.65. The molecule has 8 nitrogen and oxygen atoms in total. The van der Waals surface area contributed by atoms with Gasteiger partial charge in [0, 0.05) is 13.1 Å². The highest BCUT2D eigenvalue weighted by atomic mass is 16.6. The molecule has 2 aliphatic heterocycles. The van der Waals surface area contributed by atoms with E-state index < -0.39 is 23.9 Å². The fourth-order valence-corrected chi connectivity index (χ4v) is 4.11. The van der Waals surface area contributed by atoms with E-state index in [2.05, 4.69) is 0 Å². The predicted molar refractivity (Wildman–Crippen MR) is 115 cm³/mol. The van der Waals surface area contributed by atoms with Crippen LogP contribution in [-0.2, 0) is 25.7 Å². The minimum atomic E-state index is -0.582. The van der Waals surface area contributed by atoms with Gasteiger partial charge in [0.2, 0.25) is 5.91 Å². The molecule has 3 atom stereocenters. The lowest BCUT2D eigenvalue weighted by Gasteiger charge is -2.39. The van der Waals surface area contributed by atoms with Gasteiger partial charge >= 0.3 is 12.1 Å². The topological polar surface area (TPSA) is 102 Å². The Kier molecular flexibility index (Phi) is 7.20. The Balaban J connectivity index is 1.56. The van der Waals surface area contributed by atoms with Crippen LogP contribution < -0.4 is 5.73 Å². The van der Waals surface area contributed by atoms with E-state index >= 15 is 0 Å². The lowest BCUT2D eigenvalue weighted by atomic mass is 9.93. The summed E-state index contributed by atoms with van der Waals surface area (Å²) in [4.78, 5) is 41.3. The van der Waals surface area contributed by atoms with Crippen LogP contribution in [0.5, 0.6) is 0 Å². The Morgan fingerprint density at radius 3 is 2.42 bits per heavy atom. The van der Waals surface area contributed by atoms with Gasteiger partial charge in [-0.05, 0) is 52.0 Å². The molecule has 0 unspecified atom stereocenters. The van der Waals surface area contributed by atoms with Crippen molar-refractivity contribution in [2.75, 3.05) is 13.1 Å². The maximum Gasteiger partial charge on any atom is 0.410 e. The molecule has 0 aliphatic carbocycles. The number of amides is 2. The van der Waals surface area contributed by atoms with Gasteiger partial charge in [0.15, 0.2) is 0 Å². The number of nitrogens with zero attached hydrogens (tertiary/aromatic N) is 2. The van der Waals surface area contributed by atoms with E-state index in [9.17, 15) is 14.4 Å². The Morgan fingerprint density at radius 2 is 1.77 bits per heavy atom. The molecule has 170 valence electrons. The van der Waals surface area contributed by atoms with Gasteiger partial charge in [-0.2, -0.15) is 0 Å². The number of esters is 1. The summed E-state index contributed by atoms with van der Waals surface area (Å²) in [6.07, 6.45) is 1.10. The van der Waals surface area contributed by atoms with Gasteiger partial charge in [-0.15, -0.1) is 0 Å². The number of hydrogen-bond donors (Lipinski definition) is 1. The Labute approximate surface area is 183 Å². The zero-order valence-corrected chi connectivity index (χ0v) is 18.6. The molecule has 0 bridgehead atoms. The minimum Gasteiger partial charge on any atom is -0.460 e.